The lowest BCUT2D eigenvalue weighted by atomic mass is 10.1. The molecule has 162 valence electrons. The highest BCUT2D eigenvalue weighted by Gasteiger charge is 2.25. The number of anilines is 3. The lowest BCUT2D eigenvalue weighted by molar-refractivity contribution is 0.287. The van der Waals surface area contributed by atoms with Crippen LogP contribution in [-0.2, 0) is 10.0 Å². The van der Waals surface area contributed by atoms with Gasteiger partial charge in [-0.15, -0.1) is 0 Å². The molecule has 1 aliphatic heterocycles. The van der Waals surface area contributed by atoms with Crippen LogP contribution in [0.15, 0.2) is 47.5 Å². The van der Waals surface area contributed by atoms with Crippen molar-refractivity contribution in [2.45, 2.75) is 24.8 Å². The van der Waals surface area contributed by atoms with E-state index < -0.39 is 21.6 Å². The minimum atomic E-state index is -1.61. The van der Waals surface area contributed by atoms with Crippen molar-refractivity contribution >= 4 is 38.0 Å². The highest BCUT2D eigenvalue weighted by molar-refractivity contribution is 8.08. The molecule has 2 heterocycles. The first-order valence-corrected chi connectivity index (χ1v) is 11.5. The Morgan fingerprint density at radius 1 is 1.19 bits per heavy atom. The first-order chi connectivity index (χ1) is 14.8. The maximum atomic E-state index is 14.8. The molecule has 1 atom stereocenters. The van der Waals surface area contributed by atoms with Gasteiger partial charge < -0.3 is 15.0 Å². The second kappa shape index (κ2) is 8.76. The van der Waals surface area contributed by atoms with Gasteiger partial charge in [0.15, 0.2) is 17.4 Å². The quantitative estimate of drug-likeness (QED) is 0.534. The van der Waals surface area contributed by atoms with Gasteiger partial charge in [-0.25, -0.2) is 23.0 Å². The molecule has 2 aromatic carbocycles. The van der Waals surface area contributed by atoms with Gasteiger partial charge in [-0.05, 0) is 60.9 Å². The van der Waals surface area contributed by atoms with Gasteiger partial charge in [-0.2, -0.15) is 0 Å². The van der Waals surface area contributed by atoms with E-state index in [4.69, 9.17) is 15.4 Å². The Morgan fingerprint density at radius 2 is 1.94 bits per heavy atom. The van der Waals surface area contributed by atoms with Gasteiger partial charge in [0.25, 0.3) is 0 Å². The number of nitrogens with one attached hydrogen (secondary N) is 1. The Bertz CT molecular complexity index is 1140. The average Bonchev–Trinajstić information content (AvgIpc) is 2.75. The molecule has 1 N–H and O–H groups in total. The first kappa shape index (κ1) is 21.5. The van der Waals surface area contributed by atoms with Gasteiger partial charge in [0, 0.05) is 17.3 Å². The molecule has 1 aliphatic rings. The van der Waals surface area contributed by atoms with Crippen molar-refractivity contribution < 1.29 is 17.7 Å². The predicted octanol–water partition coefficient (Wildman–Crippen LogP) is 5.03. The summed E-state index contributed by atoms with van der Waals surface area (Å²) in [6, 6.07) is 9.50. The fraction of sp³-hybridized carbons (Fsp3) is 0.238. The number of benzene rings is 2. The van der Waals surface area contributed by atoms with Crippen LogP contribution in [0, 0.1) is 11.6 Å². The summed E-state index contributed by atoms with van der Waals surface area (Å²) in [5, 5.41) is 2.95. The minimum absolute atomic E-state index is 0.0352. The number of hydrogen-bond donors (Lipinski definition) is 1. The summed E-state index contributed by atoms with van der Waals surface area (Å²) >= 11 is 0. The van der Waals surface area contributed by atoms with Crippen LogP contribution in [-0.4, -0.2) is 33.4 Å². The summed E-state index contributed by atoms with van der Waals surface area (Å²) in [7, 11) is 3.95. The molecule has 6 nitrogen and oxygen atoms in total. The van der Waals surface area contributed by atoms with E-state index in [1.165, 1.54) is 6.07 Å². The third kappa shape index (κ3) is 4.47. The van der Waals surface area contributed by atoms with Gasteiger partial charge >= 0.3 is 0 Å². The van der Waals surface area contributed by atoms with Gasteiger partial charge in [-0.3, -0.25) is 0 Å². The zero-order valence-corrected chi connectivity index (χ0v) is 18.3. The van der Waals surface area contributed by atoms with E-state index in [0.29, 0.717) is 29.4 Å². The van der Waals surface area contributed by atoms with Crippen LogP contribution in [0.3, 0.4) is 0 Å². The molecule has 0 bridgehead atoms. The van der Waals surface area contributed by atoms with Crippen LogP contribution >= 0.6 is 10.7 Å². The molecule has 3 aromatic rings. The Labute approximate surface area is 185 Å². The molecular formula is C21H19ClF2N4O2S. The Kier molecular flexibility index (Phi) is 6.06. The van der Waals surface area contributed by atoms with Crippen LogP contribution < -0.4 is 15.0 Å². The van der Waals surface area contributed by atoms with Crippen molar-refractivity contribution in [1.29, 1.82) is 0 Å². The van der Waals surface area contributed by atoms with Crippen LogP contribution in [0.25, 0.3) is 11.3 Å². The van der Waals surface area contributed by atoms with E-state index in [0.717, 1.165) is 6.20 Å². The number of hydrogen-bond acceptors (Lipinski definition) is 6. The van der Waals surface area contributed by atoms with E-state index in [2.05, 4.69) is 15.3 Å². The fourth-order valence-corrected chi connectivity index (χ4v) is 4.04. The van der Waals surface area contributed by atoms with Crippen molar-refractivity contribution in [2.75, 3.05) is 23.4 Å². The first-order valence-electron chi connectivity index (χ1n) is 9.54. The molecule has 0 spiro atoms. The molecule has 10 heteroatoms. The average molecular weight is 465 g/mol. The van der Waals surface area contributed by atoms with Crippen LogP contribution in [0.2, 0.25) is 0 Å². The summed E-state index contributed by atoms with van der Waals surface area (Å²) in [6.07, 6.45) is 1.03. The summed E-state index contributed by atoms with van der Waals surface area (Å²) < 4.78 is 46.1. The third-order valence-electron chi connectivity index (χ3n) is 4.85. The number of fused-ring (bicyclic) bond motifs is 1. The number of halogens is 3. The van der Waals surface area contributed by atoms with E-state index >= 15 is 0 Å². The molecule has 0 saturated heterocycles. The SMILES string of the molecule is CC(C)N1CCOc2c(F)cc(-c3nc(Nc4ccc(S(=O)Cl)cc4)ncc3F)cc21. The van der Waals surface area contributed by atoms with Crippen LogP contribution in [0.4, 0.5) is 26.1 Å². The lowest BCUT2D eigenvalue weighted by Gasteiger charge is -2.34. The molecule has 4 rings (SSSR count). The molecule has 1 unspecified atom stereocenters. The summed E-state index contributed by atoms with van der Waals surface area (Å²) in [5.41, 5.74) is 1.41. The molecule has 0 amide bonds. The van der Waals surface area contributed by atoms with Crippen molar-refractivity contribution in [3.8, 4) is 17.0 Å². The van der Waals surface area contributed by atoms with Crippen molar-refractivity contribution in [3.63, 3.8) is 0 Å². The molecule has 0 fully saturated rings. The molecule has 31 heavy (non-hydrogen) atoms. The highest BCUT2D eigenvalue weighted by Crippen LogP contribution is 2.39. The zero-order chi connectivity index (χ0) is 22.1. The number of ether oxygens (including phenoxy) is 1. The lowest BCUT2D eigenvalue weighted by Crippen LogP contribution is -2.38. The minimum Gasteiger partial charge on any atom is -0.486 e. The standard InChI is InChI=1S/C21H19ClF2N4O2S/c1-12(2)28-7-8-30-20-16(23)9-13(10-18(20)28)19-17(24)11-25-21(27-19)26-14-3-5-15(6-4-14)31(22)29/h3-6,9-12H,7-8H2,1-2H3,(H,25,26,27). The number of aromatic nitrogens is 2. The monoisotopic (exact) mass is 464 g/mol. The molecule has 0 aliphatic carbocycles. The van der Waals surface area contributed by atoms with E-state index in [9.17, 15) is 13.0 Å². The molecule has 0 saturated carbocycles. The maximum Gasteiger partial charge on any atom is 0.227 e. The van der Waals surface area contributed by atoms with Gasteiger partial charge in [0.1, 0.15) is 22.3 Å². The number of nitrogens with zero attached hydrogens (tertiary/aromatic N) is 3. The normalized spacial score (nSPS) is 14.2. The Balaban J connectivity index is 1.69. The molecule has 0 radical (unpaired) electrons. The highest BCUT2D eigenvalue weighted by atomic mass is 35.7. The van der Waals surface area contributed by atoms with E-state index in [1.807, 2.05) is 18.7 Å². The molecule has 1 aromatic heterocycles. The zero-order valence-electron chi connectivity index (χ0n) is 16.7. The van der Waals surface area contributed by atoms with Crippen molar-refractivity contribution in [2.24, 2.45) is 0 Å². The second-order valence-corrected chi connectivity index (χ2v) is 8.96. The Morgan fingerprint density at radius 3 is 2.61 bits per heavy atom. The third-order valence-corrected chi connectivity index (χ3v) is 6.03. The molecular weight excluding hydrogens is 446 g/mol. The van der Waals surface area contributed by atoms with Crippen LogP contribution in [0.1, 0.15) is 13.8 Å². The number of rotatable bonds is 5. The maximum absolute atomic E-state index is 14.8. The smallest absolute Gasteiger partial charge is 0.227 e. The fourth-order valence-electron chi connectivity index (χ4n) is 3.38. The second-order valence-electron chi connectivity index (χ2n) is 7.20. The van der Waals surface area contributed by atoms with E-state index in [-0.39, 0.29) is 29.0 Å². The topological polar surface area (TPSA) is 67.3 Å². The van der Waals surface area contributed by atoms with Crippen molar-refractivity contribution in [3.05, 3.63) is 54.2 Å². The van der Waals surface area contributed by atoms with Crippen molar-refractivity contribution in [1.82, 2.24) is 9.97 Å². The summed E-state index contributed by atoms with van der Waals surface area (Å²) in [5.74, 6) is -0.958. The largest absolute Gasteiger partial charge is 0.486 e. The van der Waals surface area contributed by atoms with Crippen LogP contribution in [0.5, 0.6) is 5.75 Å². The Hall–Kier alpha value is -2.78. The van der Waals surface area contributed by atoms with Gasteiger partial charge in [0.2, 0.25) is 5.95 Å². The summed E-state index contributed by atoms with van der Waals surface area (Å²) in [6.45, 7) is 4.99. The van der Waals surface area contributed by atoms with E-state index in [1.54, 1.807) is 30.3 Å². The van der Waals surface area contributed by atoms with Gasteiger partial charge in [-0.1, -0.05) is 0 Å². The predicted molar refractivity (Wildman–Crippen MR) is 117 cm³/mol. The summed E-state index contributed by atoms with van der Waals surface area (Å²) in [4.78, 5) is 10.7. The van der Waals surface area contributed by atoms with Gasteiger partial charge in [0.05, 0.1) is 23.3 Å².